The van der Waals surface area contributed by atoms with Gasteiger partial charge in [0.15, 0.2) is 0 Å². The van der Waals surface area contributed by atoms with Gasteiger partial charge in [0, 0.05) is 42.3 Å². The largest absolute Gasteiger partial charge is 0.337 e. The van der Waals surface area contributed by atoms with Crippen molar-refractivity contribution in [1.29, 1.82) is 0 Å². The van der Waals surface area contributed by atoms with Crippen LogP contribution < -0.4 is 5.56 Å². The first-order valence-electron chi connectivity index (χ1n) is 8.51. The number of halogens is 1. The number of H-pyrrole nitrogens is 1. The molecule has 27 heavy (non-hydrogen) atoms. The molecule has 0 aromatic carbocycles. The van der Waals surface area contributed by atoms with E-state index in [2.05, 4.69) is 19.9 Å². The molecule has 1 fully saturated rings. The molecule has 1 aliphatic rings. The molecule has 3 aromatic heterocycles. The average molecular weight is 402 g/mol. The fourth-order valence-electron chi connectivity index (χ4n) is 3.23. The van der Waals surface area contributed by atoms with Gasteiger partial charge in [-0.2, -0.15) is 0 Å². The Balaban J connectivity index is 1.55. The zero-order chi connectivity index (χ0) is 18.8. The SMILES string of the molecule is O=C(c1cscn1)N1CCC(c2nc(-c3ccncc3)[nH]c(=O)c2Cl)CC1. The number of amides is 1. The van der Waals surface area contributed by atoms with E-state index in [1.165, 1.54) is 11.3 Å². The third-order valence-electron chi connectivity index (χ3n) is 4.66. The van der Waals surface area contributed by atoms with Crippen molar-refractivity contribution in [3.05, 3.63) is 62.2 Å². The smallest absolute Gasteiger partial charge is 0.273 e. The van der Waals surface area contributed by atoms with Crippen molar-refractivity contribution in [1.82, 2.24) is 24.8 Å². The highest BCUT2D eigenvalue weighted by molar-refractivity contribution is 7.07. The minimum absolute atomic E-state index is 0.0277. The lowest BCUT2D eigenvalue weighted by Gasteiger charge is -2.31. The molecule has 1 N–H and O–H groups in total. The molecular weight excluding hydrogens is 386 g/mol. The summed E-state index contributed by atoms with van der Waals surface area (Å²) in [5.74, 6) is 0.444. The quantitative estimate of drug-likeness (QED) is 0.728. The van der Waals surface area contributed by atoms with Crippen molar-refractivity contribution in [3.8, 4) is 11.4 Å². The second-order valence-electron chi connectivity index (χ2n) is 6.29. The summed E-state index contributed by atoms with van der Waals surface area (Å²) < 4.78 is 0. The lowest BCUT2D eigenvalue weighted by Crippen LogP contribution is -2.38. The topological polar surface area (TPSA) is 91.8 Å². The number of carbonyl (C=O) groups is 1. The van der Waals surface area contributed by atoms with Crippen LogP contribution in [0, 0.1) is 0 Å². The van der Waals surface area contributed by atoms with Crippen LogP contribution in [0.25, 0.3) is 11.4 Å². The molecule has 4 heterocycles. The zero-order valence-electron chi connectivity index (χ0n) is 14.3. The van der Waals surface area contributed by atoms with Crippen LogP contribution in [0.3, 0.4) is 0 Å². The third-order valence-corrected chi connectivity index (χ3v) is 5.61. The van der Waals surface area contributed by atoms with Gasteiger partial charge in [0.05, 0.1) is 11.2 Å². The number of thiazole rings is 1. The van der Waals surface area contributed by atoms with E-state index >= 15 is 0 Å². The first-order valence-corrected chi connectivity index (χ1v) is 9.83. The van der Waals surface area contributed by atoms with E-state index in [0.717, 1.165) is 5.56 Å². The molecule has 0 aliphatic carbocycles. The Morgan fingerprint density at radius 3 is 2.67 bits per heavy atom. The van der Waals surface area contributed by atoms with Gasteiger partial charge in [-0.05, 0) is 25.0 Å². The highest BCUT2D eigenvalue weighted by Crippen LogP contribution is 2.31. The molecule has 1 aliphatic heterocycles. The van der Waals surface area contributed by atoms with Crippen LogP contribution in [0.15, 0.2) is 40.2 Å². The van der Waals surface area contributed by atoms with Crippen molar-refractivity contribution < 1.29 is 4.79 Å². The maximum absolute atomic E-state index is 12.4. The Kier molecular flexibility index (Phi) is 5.00. The monoisotopic (exact) mass is 401 g/mol. The van der Waals surface area contributed by atoms with Crippen LogP contribution in [-0.2, 0) is 0 Å². The van der Waals surface area contributed by atoms with E-state index in [1.54, 1.807) is 40.3 Å². The molecule has 138 valence electrons. The number of nitrogens with one attached hydrogen (secondary N) is 1. The fraction of sp³-hybridized carbons (Fsp3) is 0.278. The minimum atomic E-state index is -0.352. The molecule has 0 atom stereocenters. The van der Waals surface area contributed by atoms with E-state index in [-0.39, 0.29) is 22.4 Å². The number of hydrogen-bond donors (Lipinski definition) is 1. The van der Waals surface area contributed by atoms with Crippen molar-refractivity contribution in [3.63, 3.8) is 0 Å². The van der Waals surface area contributed by atoms with E-state index in [0.29, 0.717) is 43.1 Å². The van der Waals surface area contributed by atoms with Gasteiger partial charge in [-0.15, -0.1) is 11.3 Å². The number of piperidine rings is 1. The first kappa shape index (κ1) is 17.8. The summed E-state index contributed by atoms with van der Waals surface area (Å²) in [4.78, 5) is 41.9. The Morgan fingerprint density at radius 2 is 2.00 bits per heavy atom. The minimum Gasteiger partial charge on any atom is -0.337 e. The first-order chi connectivity index (χ1) is 13.1. The molecule has 1 amide bonds. The Hall–Kier alpha value is -2.58. The van der Waals surface area contributed by atoms with Crippen molar-refractivity contribution in [2.75, 3.05) is 13.1 Å². The van der Waals surface area contributed by atoms with Crippen molar-refractivity contribution >= 4 is 28.8 Å². The number of aromatic amines is 1. The number of pyridine rings is 1. The molecule has 4 rings (SSSR count). The number of nitrogens with zero attached hydrogens (tertiary/aromatic N) is 4. The highest BCUT2D eigenvalue weighted by Gasteiger charge is 2.28. The second-order valence-corrected chi connectivity index (χ2v) is 7.39. The number of rotatable bonds is 3. The van der Waals surface area contributed by atoms with Gasteiger partial charge in [0.2, 0.25) is 0 Å². The predicted octanol–water partition coefficient (Wildman–Crippen LogP) is 2.96. The molecule has 0 saturated carbocycles. The number of carbonyl (C=O) groups excluding carboxylic acids is 1. The maximum Gasteiger partial charge on any atom is 0.273 e. The number of hydrogen-bond acceptors (Lipinski definition) is 6. The van der Waals surface area contributed by atoms with Gasteiger partial charge in [-0.1, -0.05) is 11.6 Å². The lowest BCUT2D eigenvalue weighted by molar-refractivity contribution is 0.0707. The van der Waals surface area contributed by atoms with Gasteiger partial charge >= 0.3 is 0 Å². The molecule has 0 bridgehead atoms. The number of likely N-dealkylation sites (tertiary alicyclic amines) is 1. The average Bonchev–Trinajstić information content (AvgIpc) is 3.25. The molecule has 1 saturated heterocycles. The van der Waals surface area contributed by atoms with Gasteiger partial charge in [-0.25, -0.2) is 9.97 Å². The highest BCUT2D eigenvalue weighted by atomic mass is 35.5. The normalized spacial score (nSPS) is 15.1. The van der Waals surface area contributed by atoms with E-state index in [4.69, 9.17) is 11.6 Å². The zero-order valence-corrected chi connectivity index (χ0v) is 15.8. The van der Waals surface area contributed by atoms with Crippen molar-refractivity contribution in [2.24, 2.45) is 0 Å². The van der Waals surface area contributed by atoms with Gasteiger partial charge in [0.25, 0.3) is 11.5 Å². The molecule has 7 nitrogen and oxygen atoms in total. The summed E-state index contributed by atoms with van der Waals surface area (Å²) in [5, 5.41) is 1.88. The van der Waals surface area contributed by atoms with Gasteiger partial charge < -0.3 is 9.88 Å². The summed E-state index contributed by atoms with van der Waals surface area (Å²) in [6.45, 7) is 1.16. The van der Waals surface area contributed by atoms with Crippen LogP contribution in [0.2, 0.25) is 5.02 Å². The summed E-state index contributed by atoms with van der Waals surface area (Å²) in [7, 11) is 0. The summed E-state index contributed by atoms with van der Waals surface area (Å²) >= 11 is 7.66. The summed E-state index contributed by atoms with van der Waals surface area (Å²) in [6, 6.07) is 3.57. The Morgan fingerprint density at radius 1 is 1.26 bits per heavy atom. The van der Waals surface area contributed by atoms with Crippen molar-refractivity contribution in [2.45, 2.75) is 18.8 Å². The van der Waals surface area contributed by atoms with Crippen LogP contribution >= 0.6 is 22.9 Å². The lowest BCUT2D eigenvalue weighted by atomic mass is 9.93. The molecule has 0 unspecified atom stereocenters. The fourth-order valence-corrected chi connectivity index (χ4v) is 4.00. The van der Waals surface area contributed by atoms with Crippen LogP contribution in [0.1, 0.15) is 34.9 Å². The molecule has 0 radical (unpaired) electrons. The summed E-state index contributed by atoms with van der Waals surface area (Å²) in [6.07, 6.45) is 4.68. The Labute approximate surface area is 164 Å². The van der Waals surface area contributed by atoms with E-state index in [1.807, 2.05) is 0 Å². The Bertz CT molecular complexity index is 998. The molecule has 3 aromatic rings. The molecule has 9 heteroatoms. The van der Waals surface area contributed by atoms with E-state index in [9.17, 15) is 9.59 Å². The standard InChI is InChI=1S/C18H16ClN5O2S/c19-14-15(22-16(23-17(14)25)12-1-5-20-6-2-12)11-3-7-24(8-4-11)18(26)13-9-27-10-21-13/h1-2,5-6,9-11H,3-4,7-8H2,(H,22,23,25). The van der Waals surface area contributed by atoms with Crippen LogP contribution in [0.4, 0.5) is 0 Å². The van der Waals surface area contributed by atoms with Gasteiger partial charge in [-0.3, -0.25) is 14.6 Å². The second kappa shape index (κ2) is 7.58. The van der Waals surface area contributed by atoms with Crippen LogP contribution in [0.5, 0.6) is 0 Å². The third kappa shape index (κ3) is 3.63. The van der Waals surface area contributed by atoms with Gasteiger partial charge in [0.1, 0.15) is 16.5 Å². The predicted molar refractivity (Wildman–Crippen MR) is 103 cm³/mol. The van der Waals surface area contributed by atoms with E-state index < -0.39 is 0 Å². The summed E-state index contributed by atoms with van der Waals surface area (Å²) in [5.41, 5.74) is 3.14. The number of aromatic nitrogens is 4. The maximum atomic E-state index is 12.4. The molecular formula is C18H16ClN5O2S. The van der Waals surface area contributed by atoms with Crippen LogP contribution in [-0.4, -0.2) is 43.8 Å². The molecule has 0 spiro atoms.